The molecular weight excluding hydrogens is 392 g/mol. The van der Waals surface area contributed by atoms with E-state index in [1.807, 2.05) is 38.1 Å². The summed E-state index contributed by atoms with van der Waals surface area (Å²) < 4.78 is 34.0. The van der Waals surface area contributed by atoms with Crippen LogP contribution in [0.25, 0.3) is 0 Å². The van der Waals surface area contributed by atoms with Gasteiger partial charge in [-0.25, -0.2) is 13.4 Å². The fraction of sp³-hybridized carbons (Fsp3) is 0.500. The number of aromatic nitrogens is 2. The molecule has 2 aromatic rings. The molecule has 0 aliphatic carbocycles. The third-order valence-corrected chi connectivity index (χ3v) is 6.99. The van der Waals surface area contributed by atoms with Gasteiger partial charge in [-0.3, -0.25) is 4.79 Å². The van der Waals surface area contributed by atoms with Crippen LogP contribution in [0.3, 0.4) is 0 Å². The minimum atomic E-state index is -3.63. The van der Waals surface area contributed by atoms with Crippen molar-refractivity contribution in [2.75, 3.05) is 20.2 Å². The van der Waals surface area contributed by atoms with Crippen LogP contribution in [-0.2, 0) is 21.4 Å². The summed E-state index contributed by atoms with van der Waals surface area (Å²) in [6.45, 7) is 4.98. The Labute approximate surface area is 171 Å². The van der Waals surface area contributed by atoms with Gasteiger partial charge in [0.15, 0.2) is 5.03 Å². The highest BCUT2D eigenvalue weighted by molar-refractivity contribution is 7.89. The van der Waals surface area contributed by atoms with Gasteiger partial charge in [-0.05, 0) is 44.4 Å². The van der Waals surface area contributed by atoms with Crippen LogP contribution in [0.4, 0.5) is 0 Å². The zero-order valence-electron chi connectivity index (χ0n) is 17.0. The number of benzene rings is 1. The van der Waals surface area contributed by atoms with E-state index in [0.29, 0.717) is 32.5 Å². The molecule has 3 rings (SSSR count). The average Bonchev–Trinajstić information content (AvgIpc) is 3.24. The lowest BCUT2D eigenvalue weighted by Crippen LogP contribution is -2.43. The molecule has 0 atom stereocenters. The Bertz CT molecular complexity index is 947. The van der Waals surface area contributed by atoms with Gasteiger partial charge in [-0.2, -0.15) is 4.31 Å². The third-order valence-electron chi connectivity index (χ3n) is 5.20. The second-order valence-corrected chi connectivity index (χ2v) is 9.39. The summed E-state index contributed by atoms with van der Waals surface area (Å²) in [4.78, 5) is 16.6. The first-order valence-electron chi connectivity index (χ1n) is 9.75. The van der Waals surface area contributed by atoms with Crippen molar-refractivity contribution in [3.63, 3.8) is 0 Å². The number of piperidine rings is 1. The monoisotopic (exact) mass is 420 g/mol. The molecule has 8 nitrogen and oxygen atoms in total. The van der Waals surface area contributed by atoms with Crippen molar-refractivity contribution >= 4 is 15.9 Å². The molecule has 1 N–H and O–H groups in total. The predicted molar refractivity (Wildman–Crippen MR) is 109 cm³/mol. The molecule has 0 bridgehead atoms. The Morgan fingerprint density at radius 1 is 1.31 bits per heavy atom. The van der Waals surface area contributed by atoms with E-state index in [4.69, 9.17) is 4.74 Å². The molecule has 0 radical (unpaired) electrons. The van der Waals surface area contributed by atoms with Gasteiger partial charge in [0, 0.05) is 37.8 Å². The van der Waals surface area contributed by atoms with Gasteiger partial charge in [-0.15, -0.1) is 0 Å². The Kier molecular flexibility index (Phi) is 6.59. The predicted octanol–water partition coefficient (Wildman–Crippen LogP) is 2.19. The maximum absolute atomic E-state index is 12.8. The van der Waals surface area contributed by atoms with E-state index in [2.05, 4.69) is 10.3 Å². The summed E-state index contributed by atoms with van der Waals surface area (Å²) in [6.07, 6.45) is 4.09. The SMILES string of the molecule is COc1cccc(CNC(=O)C2CCN(S(=O)(=O)c3cn(C(C)C)cn3)CC2)c1. The summed E-state index contributed by atoms with van der Waals surface area (Å²) in [7, 11) is -2.03. The smallest absolute Gasteiger partial charge is 0.262 e. The number of carbonyl (C=O) groups is 1. The molecule has 1 saturated heterocycles. The number of hydrogen-bond acceptors (Lipinski definition) is 5. The number of sulfonamides is 1. The highest BCUT2D eigenvalue weighted by atomic mass is 32.2. The number of imidazole rings is 1. The number of amides is 1. The van der Waals surface area contributed by atoms with Gasteiger partial charge in [0.1, 0.15) is 5.75 Å². The number of rotatable bonds is 7. The second kappa shape index (κ2) is 8.96. The molecule has 1 amide bonds. The minimum Gasteiger partial charge on any atom is -0.497 e. The van der Waals surface area contributed by atoms with E-state index < -0.39 is 10.0 Å². The highest BCUT2D eigenvalue weighted by Crippen LogP contribution is 2.24. The number of methoxy groups -OCH3 is 1. The van der Waals surface area contributed by atoms with Crippen molar-refractivity contribution in [1.82, 2.24) is 19.2 Å². The van der Waals surface area contributed by atoms with Gasteiger partial charge >= 0.3 is 0 Å². The summed E-state index contributed by atoms with van der Waals surface area (Å²) in [6, 6.07) is 7.68. The van der Waals surface area contributed by atoms with Crippen molar-refractivity contribution in [1.29, 1.82) is 0 Å². The van der Waals surface area contributed by atoms with Crippen LogP contribution in [0.1, 0.15) is 38.3 Å². The first kappa shape index (κ1) is 21.3. The third kappa shape index (κ3) is 4.97. The molecule has 0 saturated carbocycles. The number of ether oxygens (including phenoxy) is 1. The Morgan fingerprint density at radius 2 is 2.03 bits per heavy atom. The van der Waals surface area contributed by atoms with Crippen LogP contribution in [0.5, 0.6) is 5.75 Å². The number of hydrogen-bond donors (Lipinski definition) is 1. The molecule has 29 heavy (non-hydrogen) atoms. The Balaban J connectivity index is 1.54. The lowest BCUT2D eigenvalue weighted by atomic mass is 9.97. The number of nitrogens with zero attached hydrogens (tertiary/aromatic N) is 3. The van der Waals surface area contributed by atoms with Crippen LogP contribution in [0, 0.1) is 5.92 Å². The van der Waals surface area contributed by atoms with Crippen LogP contribution in [-0.4, -0.2) is 48.4 Å². The average molecular weight is 421 g/mol. The molecule has 0 spiro atoms. The van der Waals surface area contributed by atoms with E-state index in [0.717, 1.165) is 11.3 Å². The second-order valence-electron chi connectivity index (χ2n) is 7.50. The fourth-order valence-corrected chi connectivity index (χ4v) is 4.73. The van der Waals surface area contributed by atoms with Crippen molar-refractivity contribution in [2.24, 2.45) is 5.92 Å². The van der Waals surface area contributed by atoms with Gasteiger partial charge in [0.25, 0.3) is 10.0 Å². The van der Waals surface area contributed by atoms with Crippen LogP contribution >= 0.6 is 0 Å². The quantitative estimate of drug-likeness (QED) is 0.741. The first-order chi connectivity index (χ1) is 13.8. The lowest BCUT2D eigenvalue weighted by Gasteiger charge is -2.30. The minimum absolute atomic E-state index is 0.0473. The van der Waals surface area contributed by atoms with Crippen molar-refractivity contribution in [3.05, 3.63) is 42.4 Å². The normalized spacial score (nSPS) is 16.1. The maximum atomic E-state index is 12.8. The highest BCUT2D eigenvalue weighted by Gasteiger charge is 2.33. The molecule has 1 aliphatic rings. The van der Waals surface area contributed by atoms with Crippen molar-refractivity contribution in [3.8, 4) is 5.75 Å². The zero-order valence-corrected chi connectivity index (χ0v) is 17.9. The van der Waals surface area contributed by atoms with Crippen molar-refractivity contribution in [2.45, 2.75) is 44.3 Å². The largest absolute Gasteiger partial charge is 0.497 e. The van der Waals surface area contributed by atoms with Gasteiger partial charge in [0.05, 0.1) is 13.4 Å². The molecule has 9 heteroatoms. The summed E-state index contributed by atoms with van der Waals surface area (Å²) >= 11 is 0. The lowest BCUT2D eigenvalue weighted by molar-refractivity contribution is -0.126. The molecule has 1 aromatic carbocycles. The maximum Gasteiger partial charge on any atom is 0.262 e. The van der Waals surface area contributed by atoms with Crippen molar-refractivity contribution < 1.29 is 17.9 Å². The van der Waals surface area contributed by atoms with E-state index in [1.165, 1.54) is 10.6 Å². The molecule has 2 heterocycles. The fourth-order valence-electron chi connectivity index (χ4n) is 3.34. The molecular formula is C20H28N4O4S. The van der Waals surface area contributed by atoms with E-state index in [-0.39, 0.29) is 22.9 Å². The van der Waals surface area contributed by atoms with E-state index in [9.17, 15) is 13.2 Å². The van der Waals surface area contributed by atoms with E-state index in [1.54, 1.807) is 17.9 Å². The number of nitrogens with one attached hydrogen (secondary N) is 1. The van der Waals surface area contributed by atoms with Gasteiger partial charge in [-0.1, -0.05) is 12.1 Å². The molecule has 1 aliphatic heterocycles. The van der Waals surface area contributed by atoms with Gasteiger partial charge < -0.3 is 14.6 Å². The summed E-state index contributed by atoms with van der Waals surface area (Å²) in [5.74, 6) is 0.504. The zero-order chi connectivity index (χ0) is 21.0. The summed E-state index contributed by atoms with van der Waals surface area (Å²) in [5.41, 5.74) is 0.957. The number of carbonyl (C=O) groups excluding carboxylic acids is 1. The topological polar surface area (TPSA) is 93.5 Å². The first-order valence-corrected chi connectivity index (χ1v) is 11.2. The molecule has 1 fully saturated rings. The van der Waals surface area contributed by atoms with Gasteiger partial charge in [0.2, 0.25) is 5.91 Å². The standard InChI is InChI=1S/C20H28N4O4S/c1-15(2)23-13-19(22-14-23)29(26,27)24-9-7-17(8-10-24)20(25)21-12-16-5-4-6-18(11-16)28-3/h4-6,11,13-15,17H,7-10,12H2,1-3H3,(H,21,25). The van der Waals surface area contributed by atoms with E-state index >= 15 is 0 Å². The Hall–Kier alpha value is -2.39. The van der Waals surface area contributed by atoms with Crippen LogP contribution < -0.4 is 10.1 Å². The summed E-state index contributed by atoms with van der Waals surface area (Å²) in [5, 5.41) is 3.01. The molecule has 0 unspecified atom stereocenters. The van der Waals surface area contributed by atoms with Crippen LogP contribution in [0.15, 0.2) is 41.8 Å². The van der Waals surface area contributed by atoms with Crippen LogP contribution in [0.2, 0.25) is 0 Å². The molecule has 158 valence electrons. The molecule has 1 aromatic heterocycles. The Morgan fingerprint density at radius 3 is 2.66 bits per heavy atom.